The highest BCUT2D eigenvalue weighted by Crippen LogP contribution is 2.06. The first-order valence-corrected chi connectivity index (χ1v) is 5.54. The number of nitrogens with one attached hydrogen (secondary N) is 1. The van der Waals surface area contributed by atoms with Crippen molar-refractivity contribution in [2.45, 2.75) is 45.6 Å². The van der Waals surface area contributed by atoms with Gasteiger partial charge < -0.3 is 15.2 Å². The summed E-state index contributed by atoms with van der Waals surface area (Å²) in [5.41, 5.74) is -0.137. The molecule has 15 heavy (non-hydrogen) atoms. The van der Waals surface area contributed by atoms with Gasteiger partial charge in [0.2, 0.25) is 0 Å². The Balaban J connectivity index is 3.34. The van der Waals surface area contributed by atoms with Crippen LogP contribution in [-0.4, -0.2) is 36.4 Å². The van der Waals surface area contributed by atoms with Crippen molar-refractivity contribution >= 4 is 5.97 Å². The fourth-order valence-corrected chi connectivity index (χ4v) is 1.36. The van der Waals surface area contributed by atoms with E-state index in [0.717, 1.165) is 25.9 Å². The number of unbranched alkanes of at least 4 members (excludes halogenated alkanes) is 1. The summed E-state index contributed by atoms with van der Waals surface area (Å²) in [5.74, 6) is -0.718. The number of carboxylic acid groups (broad SMARTS) is 1. The van der Waals surface area contributed by atoms with E-state index in [1.54, 1.807) is 0 Å². The Labute approximate surface area is 92.0 Å². The molecule has 4 nitrogen and oxygen atoms in total. The summed E-state index contributed by atoms with van der Waals surface area (Å²) in [6.45, 7) is 8.43. The Morgan fingerprint density at radius 2 is 2.07 bits per heavy atom. The highest BCUT2D eigenvalue weighted by atomic mass is 16.5. The molecule has 0 amide bonds. The summed E-state index contributed by atoms with van der Waals surface area (Å²) in [5, 5.41) is 11.7. The van der Waals surface area contributed by atoms with Gasteiger partial charge in [-0.1, -0.05) is 0 Å². The van der Waals surface area contributed by atoms with Crippen LogP contribution in [0.15, 0.2) is 0 Å². The van der Waals surface area contributed by atoms with Crippen LogP contribution in [0.2, 0.25) is 0 Å². The van der Waals surface area contributed by atoms with E-state index in [0.29, 0.717) is 6.61 Å². The largest absolute Gasteiger partial charge is 0.481 e. The van der Waals surface area contributed by atoms with Crippen molar-refractivity contribution in [2.75, 3.05) is 19.7 Å². The molecule has 0 aliphatic rings. The number of carboxylic acids is 1. The van der Waals surface area contributed by atoms with E-state index in [1.165, 1.54) is 0 Å². The van der Waals surface area contributed by atoms with Crippen molar-refractivity contribution in [3.8, 4) is 0 Å². The number of rotatable bonds is 9. The van der Waals surface area contributed by atoms with Gasteiger partial charge in [0.1, 0.15) is 0 Å². The molecule has 0 aromatic rings. The molecule has 0 unspecified atom stereocenters. The maximum absolute atomic E-state index is 10.2. The molecule has 0 heterocycles. The quantitative estimate of drug-likeness (QED) is 0.576. The number of hydrogen-bond donors (Lipinski definition) is 2. The van der Waals surface area contributed by atoms with Crippen LogP contribution in [0.1, 0.15) is 40.0 Å². The number of ether oxygens (including phenoxy) is 1. The van der Waals surface area contributed by atoms with Crippen molar-refractivity contribution < 1.29 is 14.6 Å². The van der Waals surface area contributed by atoms with Gasteiger partial charge in [-0.15, -0.1) is 0 Å². The van der Waals surface area contributed by atoms with Crippen LogP contribution < -0.4 is 5.32 Å². The van der Waals surface area contributed by atoms with E-state index >= 15 is 0 Å². The molecule has 0 spiro atoms. The second-order valence-corrected chi connectivity index (χ2v) is 4.22. The van der Waals surface area contributed by atoms with E-state index < -0.39 is 5.97 Å². The van der Waals surface area contributed by atoms with Gasteiger partial charge >= 0.3 is 5.97 Å². The Kier molecular flexibility index (Phi) is 7.34. The SMILES string of the molecule is CCOC(C)(C)CNCCCCC(=O)O. The Morgan fingerprint density at radius 3 is 2.60 bits per heavy atom. The van der Waals surface area contributed by atoms with E-state index in [4.69, 9.17) is 9.84 Å². The summed E-state index contributed by atoms with van der Waals surface area (Å²) in [7, 11) is 0. The molecule has 0 saturated heterocycles. The van der Waals surface area contributed by atoms with Crippen LogP contribution >= 0.6 is 0 Å². The van der Waals surface area contributed by atoms with Gasteiger partial charge in [0, 0.05) is 19.6 Å². The first-order valence-electron chi connectivity index (χ1n) is 5.54. The van der Waals surface area contributed by atoms with Gasteiger partial charge in [-0.25, -0.2) is 0 Å². The van der Waals surface area contributed by atoms with Crippen molar-refractivity contribution in [2.24, 2.45) is 0 Å². The van der Waals surface area contributed by atoms with Crippen LogP contribution in [0.5, 0.6) is 0 Å². The van der Waals surface area contributed by atoms with Gasteiger partial charge in [0.15, 0.2) is 0 Å². The maximum atomic E-state index is 10.2. The summed E-state index contributed by atoms with van der Waals surface area (Å²) < 4.78 is 5.52. The molecule has 0 aromatic heterocycles. The van der Waals surface area contributed by atoms with Crippen LogP contribution in [0.25, 0.3) is 0 Å². The second-order valence-electron chi connectivity index (χ2n) is 4.22. The van der Waals surface area contributed by atoms with Gasteiger partial charge in [0.25, 0.3) is 0 Å². The van der Waals surface area contributed by atoms with Gasteiger partial charge in [-0.3, -0.25) is 4.79 Å². The first-order chi connectivity index (χ1) is 6.98. The summed E-state index contributed by atoms with van der Waals surface area (Å²) in [6, 6.07) is 0. The van der Waals surface area contributed by atoms with E-state index in [1.807, 2.05) is 20.8 Å². The smallest absolute Gasteiger partial charge is 0.303 e. The Bertz CT molecular complexity index is 181. The molecule has 0 rings (SSSR count). The Hall–Kier alpha value is -0.610. The summed E-state index contributed by atoms with van der Waals surface area (Å²) >= 11 is 0. The lowest BCUT2D eigenvalue weighted by Gasteiger charge is -2.24. The zero-order valence-corrected chi connectivity index (χ0v) is 10.0. The van der Waals surface area contributed by atoms with Crippen LogP contribution in [0, 0.1) is 0 Å². The van der Waals surface area contributed by atoms with Crippen molar-refractivity contribution in [3.63, 3.8) is 0 Å². The third-order valence-electron chi connectivity index (χ3n) is 2.08. The molecule has 0 saturated carbocycles. The number of aliphatic carboxylic acids is 1. The van der Waals surface area contributed by atoms with E-state index in [9.17, 15) is 4.79 Å². The van der Waals surface area contributed by atoms with Crippen LogP contribution in [0.3, 0.4) is 0 Å². The predicted molar refractivity (Wildman–Crippen MR) is 60.1 cm³/mol. The number of hydrogen-bond acceptors (Lipinski definition) is 3. The summed E-state index contributed by atoms with van der Waals surface area (Å²) in [4.78, 5) is 10.2. The molecular formula is C11H23NO3. The highest BCUT2D eigenvalue weighted by molar-refractivity contribution is 5.66. The molecule has 0 fully saturated rings. The third kappa shape index (κ3) is 9.69. The van der Waals surface area contributed by atoms with Gasteiger partial charge in [-0.05, 0) is 40.2 Å². The zero-order valence-electron chi connectivity index (χ0n) is 10.0. The molecule has 4 heteroatoms. The molecule has 0 aliphatic heterocycles. The minimum Gasteiger partial charge on any atom is -0.481 e. The normalized spacial score (nSPS) is 11.7. The van der Waals surface area contributed by atoms with E-state index in [2.05, 4.69) is 5.32 Å². The first kappa shape index (κ1) is 14.4. The second kappa shape index (κ2) is 7.65. The Morgan fingerprint density at radius 1 is 1.40 bits per heavy atom. The van der Waals surface area contributed by atoms with Gasteiger partial charge in [0.05, 0.1) is 5.60 Å². The van der Waals surface area contributed by atoms with Crippen LogP contribution in [-0.2, 0) is 9.53 Å². The van der Waals surface area contributed by atoms with Crippen molar-refractivity contribution in [1.29, 1.82) is 0 Å². The molecule has 0 aliphatic carbocycles. The molecule has 2 N–H and O–H groups in total. The van der Waals surface area contributed by atoms with Crippen molar-refractivity contribution in [3.05, 3.63) is 0 Å². The standard InChI is InChI=1S/C11H23NO3/c1-4-15-11(2,3)9-12-8-6-5-7-10(13)14/h12H,4-9H2,1-3H3,(H,13,14). The molecular weight excluding hydrogens is 194 g/mol. The third-order valence-corrected chi connectivity index (χ3v) is 2.08. The minimum atomic E-state index is -0.718. The maximum Gasteiger partial charge on any atom is 0.303 e. The number of carbonyl (C=O) groups is 1. The summed E-state index contributed by atoms with van der Waals surface area (Å²) in [6.07, 6.45) is 1.89. The zero-order chi connectivity index (χ0) is 11.7. The molecule has 0 atom stereocenters. The van der Waals surface area contributed by atoms with Crippen LogP contribution in [0.4, 0.5) is 0 Å². The highest BCUT2D eigenvalue weighted by Gasteiger charge is 2.16. The molecule has 0 bridgehead atoms. The predicted octanol–water partition coefficient (Wildman–Crippen LogP) is 1.65. The monoisotopic (exact) mass is 217 g/mol. The molecule has 90 valence electrons. The molecule has 0 aromatic carbocycles. The van der Waals surface area contributed by atoms with Gasteiger partial charge in [-0.2, -0.15) is 0 Å². The molecule has 0 radical (unpaired) electrons. The lowest BCUT2D eigenvalue weighted by atomic mass is 10.1. The lowest BCUT2D eigenvalue weighted by molar-refractivity contribution is -0.137. The average Bonchev–Trinajstić information content (AvgIpc) is 2.10. The fraction of sp³-hybridized carbons (Fsp3) is 0.909. The topological polar surface area (TPSA) is 58.6 Å². The fourth-order valence-electron chi connectivity index (χ4n) is 1.36. The average molecular weight is 217 g/mol. The van der Waals surface area contributed by atoms with Crippen molar-refractivity contribution in [1.82, 2.24) is 5.32 Å². The lowest BCUT2D eigenvalue weighted by Crippen LogP contribution is -2.38. The van der Waals surface area contributed by atoms with E-state index in [-0.39, 0.29) is 12.0 Å². The minimum absolute atomic E-state index is 0.137.